The predicted molar refractivity (Wildman–Crippen MR) is 103 cm³/mol. The summed E-state index contributed by atoms with van der Waals surface area (Å²) in [7, 11) is 0. The molecule has 2 aromatic rings. The van der Waals surface area contributed by atoms with Gasteiger partial charge in [0.15, 0.2) is 0 Å². The summed E-state index contributed by atoms with van der Waals surface area (Å²) in [5, 5.41) is 21.1. The monoisotopic (exact) mass is 384 g/mol. The predicted octanol–water partition coefficient (Wildman–Crippen LogP) is 4.05. The molecule has 0 bridgehead atoms. The van der Waals surface area contributed by atoms with Crippen molar-refractivity contribution in [2.24, 2.45) is 0 Å². The average molecular weight is 385 g/mol. The third-order valence-electron chi connectivity index (χ3n) is 3.58. The van der Waals surface area contributed by atoms with Crippen LogP contribution in [0.25, 0.3) is 6.08 Å². The molecule has 0 atom stereocenters. The van der Waals surface area contributed by atoms with Crippen molar-refractivity contribution in [1.29, 1.82) is 5.26 Å². The first-order valence-corrected chi connectivity index (χ1v) is 8.41. The minimum Gasteiger partial charge on any atom is -0.493 e. The van der Waals surface area contributed by atoms with Gasteiger partial charge in [-0.25, -0.2) is 0 Å². The fourth-order valence-corrected chi connectivity index (χ4v) is 2.42. The normalized spacial score (nSPS) is 10.8. The van der Waals surface area contributed by atoms with E-state index < -0.39 is 11.9 Å². The standard InChI is InChI=1S/C20H17ClN2O4/c1-13-10-16(21)4-7-18(13)23-20(26)15(12-22)11-14-2-5-17(6-3-14)27-9-8-19(24)25/h2-7,10-11H,8-9H2,1H3,(H,23,26)(H,24,25)/b15-11+. The molecule has 0 fully saturated rings. The van der Waals surface area contributed by atoms with Crippen molar-refractivity contribution in [3.63, 3.8) is 0 Å². The number of hydrogen-bond donors (Lipinski definition) is 2. The third-order valence-corrected chi connectivity index (χ3v) is 3.81. The maximum Gasteiger partial charge on any atom is 0.306 e. The van der Waals surface area contributed by atoms with E-state index in [9.17, 15) is 14.9 Å². The highest BCUT2D eigenvalue weighted by molar-refractivity contribution is 6.30. The van der Waals surface area contributed by atoms with Crippen LogP contribution in [-0.2, 0) is 9.59 Å². The Morgan fingerprint density at radius 2 is 1.96 bits per heavy atom. The molecular formula is C20H17ClN2O4. The maximum atomic E-state index is 12.3. The fraction of sp³-hybridized carbons (Fsp3) is 0.150. The minimum atomic E-state index is -0.935. The Morgan fingerprint density at radius 1 is 1.26 bits per heavy atom. The first kappa shape index (κ1) is 20.0. The molecule has 0 spiro atoms. The van der Waals surface area contributed by atoms with Gasteiger partial charge in [0.25, 0.3) is 5.91 Å². The number of carboxylic acid groups (broad SMARTS) is 1. The number of halogens is 1. The van der Waals surface area contributed by atoms with E-state index in [1.807, 2.05) is 6.07 Å². The van der Waals surface area contributed by atoms with Crippen LogP contribution < -0.4 is 10.1 Å². The van der Waals surface area contributed by atoms with Gasteiger partial charge in [0.2, 0.25) is 0 Å². The van der Waals surface area contributed by atoms with Crippen molar-refractivity contribution in [3.8, 4) is 11.8 Å². The number of carbonyl (C=O) groups excluding carboxylic acids is 1. The summed E-state index contributed by atoms with van der Waals surface area (Å²) in [5.41, 5.74) is 1.95. The molecule has 0 heterocycles. The summed E-state index contributed by atoms with van der Waals surface area (Å²) in [6.07, 6.45) is 1.37. The second kappa shape index (κ2) is 9.41. The molecule has 0 aliphatic heterocycles. The number of nitriles is 1. The molecule has 0 saturated carbocycles. The summed E-state index contributed by atoms with van der Waals surface area (Å²) >= 11 is 5.89. The molecule has 27 heavy (non-hydrogen) atoms. The Labute approximate surface area is 161 Å². The van der Waals surface area contributed by atoms with Crippen molar-refractivity contribution in [1.82, 2.24) is 0 Å². The first-order valence-electron chi connectivity index (χ1n) is 8.03. The van der Waals surface area contributed by atoms with Crippen LogP contribution in [0.1, 0.15) is 17.5 Å². The molecule has 2 aromatic carbocycles. The van der Waals surface area contributed by atoms with Crippen LogP contribution in [0, 0.1) is 18.3 Å². The quantitative estimate of drug-likeness (QED) is 0.554. The molecule has 7 heteroatoms. The molecule has 0 aromatic heterocycles. The first-order chi connectivity index (χ1) is 12.9. The molecular weight excluding hydrogens is 368 g/mol. The number of nitrogens with zero attached hydrogens (tertiary/aromatic N) is 1. The molecule has 0 unspecified atom stereocenters. The molecule has 6 nitrogen and oxygen atoms in total. The zero-order valence-electron chi connectivity index (χ0n) is 14.5. The molecule has 1 amide bonds. The van der Waals surface area contributed by atoms with Gasteiger partial charge < -0.3 is 15.2 Å². The highest BCUT2D eigenvalue weighted by Gasteiger charge is 2.11. The summed E-state index contributed by atoms with van der Waals surface area (Å²) < 4.78 is 5.30. The Hall–Kier alpha value is -3.30. The summed E-state index contributed by atoms with van der Waals surface area (Å²) in [6, 6.07) is 13.6. The summed E-state index contributed by atoms with van der Waals surface area (Å²) in [5.74, 6) is -0.951. The Morgan fingerprint density at radius 3 is 2.56 bits per heavy atom. The molecule has 138 valence electrons. The smallest absolute Gasteiger partial charge is 0.306 e. The van der Waals surface area contributed by atoms with E-state index in [4.69, 9.17) is 21.4 Å². The van der Waals surface area contributed by atoms with Gasteiger partial charge in [0.05, 0.1) is 13.0 Å². The molecule has 2 N–H and O–H groups in total. The Kier molecular flexibility index (Phi) is 6.98. The van der Waals surface area contributed by atoms with Crippen LogP contribution >= 0.6 is 11.6 Å². The topological polar surface area (TPSA) is 99.4 Å². The fourth-order valence-electron chi connectivity index (χ4n) is 2.19. The lowest BCUT2D eigenvalue weighted by molar-refractivity contribution is -0.137. The van der Waals surface area contributed by atoms with Gasteiger partial charge in [-0.2, -0.15) is 5.26 Å². The van der Waals surface area contributed by atoms with Gasteiger partial charge in [-0.05, 0) is 54.5 Å². The van der Waals surface area contributed by atoms with Gasteiger partial charge in [-0.15, -0.1) is 0 Å². The average Bonchev–Trinajstić information content (AvgIpc) is 2.63. The molecule has 0 aliphatic rings. The summed E-state index contributed by atoms with van der Waals surface area (Å²) in [4.78, 5) is 22.8. The zero-order chi connectivity index (χ0) is 19.8. The largest absolute Gasteiger partial charge is 0.493 e. The number of carbonyl (C=O) groups is 2. The van der Waals surface area contributed by atoms with Crippen molar-refractivity contribution < 1.29 is 19.4 Å². The molecule has 2 rings (SSSR count). The van der Waals surface area contributed by atoms with Crippen LogP contribution in [0.4, 0.5) is 5.69 Å². The van der Waals surface area contributed by atoms with Gasteiger partial charge in [0.1, 0.15) is 17.4 Å². The second-order valence-corrected chi connectivity index (χ2v) is 6.08. The number of nitrogens with one attached hydrogen (secondary N) is 1. The number of anilines is 1. The van der Waals surface area contributed by atoms with E-state index in [-0.39, 0.29) is 18.6 Å². The lowest BCUT2D eigenvalue weighted by Gasteiger charge is -2.08. The number of hydrogen-bond acceptors (Lipinski definition) is 4. The second-order valence-electron chi connectivity index (χ2n) is 5.64. The van der Waals surface area contributed by atoms with Crippen LogP contribution in [0.2, 0.25) is 5.02 Å². The van der Waals surface area contributed by atoms with Crippen molar-refractivity contribution in [2.75, 3.05) is 11.9 Å². The lowest BCUT2D eigenvalue weighted by Crippen LogP contribution is -2.14. The van der Waals surface area contributed by atoms with Crippen LogP contribution in [0.15, 0.2) is 48.0 Å². The number of rotatable bonds is 7. The van der Waals surface area contributed by atoms with E-state index >= 15 is 0 Å². The van der Waals surface area contributed by atoms with Crippen LogP contribution in [0.3, 0.4) is 0 Å². The van der Waals surface area contributed by atoms with Gasteiger partial charge in [-0.3, -0.25) is 9.59 Å². The van der Waals surface area contributed by atoms with Gasteiger partial charge in [-0.1, -0.05) is 23.7 Å². The van der Waals surface area contributed by atoms with E-state index in [1.165, 1.54) is 6.08 Å². The maximum absolute atomic E-state index is 12.3. The highest BCUT2D eigenvalue weighted by atomic mass is 35.5. The number of ether oxygens (including phenoxy) is 1. The number of benzene rings is 2. The zero-order valence-corrected chi connectivity index (χ0v) is 15.3. The van der Waals surface area contributed by atoms with E-state index in [0.29, 0.717) is 22.0 Å². The van der Waals surface area contributed by atoms with Gasteiger partial charge >= 0.3 is 5.97 Å². The Balaban J connectivity index is 2.07. The van der Waals surface area contributed by atoms with Crippen LogP contribution in [-0.4, -0.2) is 23.6 Å². The van der Waals surface area contributed by atoms with E-state index in [2.05, 4.69) is 5.32 Å². The number of amides is 1. The minimum absolute atomic E-state index is 0.0519. The van der Waals surface area contributed by atoms with Crippen molar-refractivity contribution >= 4 is 35.2 Å². The third kappa shape index (κ3) is 6.17. The van der Waals surface area contributed by atoms with Gasteiger partial charge in [0, 0.05) is 10.7 Å². The number of aryl methyl sites for hydroxylation is 1. The highest BCUT2D eigenvalue weighted by Crippen LogP contribution is 2.21. The lowest BCUT2D eigenvalue weighted by atomic mass is 10.1. The molecule has 0 radical (unpaired) electrons. The SMILES string of the molecule is Cc1cc(Cl)ccc1NC(=O)/C(C#N)=C/c1ccc(OCCC(=O)O)cc1. The van der Waals surface area contributed by atoms with Crippen molar-refractivity contribution in [2.45, 2.75) is 13.3 Å². The van der Waals surface area contributed by atoms with Crippen LogP contribution in [0.5, 0.6) is 5.75 Å². The van der Waals surface area contributed by atoms with E-state index in [1.54, 1.807) is 49.4 Å². The molecule has 0 saturated heterocycles. The number of aliphatic carboxylic acids is 1. The number of carboxylic acids is 1. The van der Waals surface area contributed by atoms with Crippen molar-refractivity contribution in [3.05, 3.63) is 64.2 Å². The molecule has 0 aliphatic carbocycles. The van der Waals surface area contributed by atoms with E-state index in [0.717, 1.165) is 5.56 Å². The summed E-state index contributed by atoms with van der Waals surface area (Å²) in [6.45, 7) is 1.87. The Bertz CT molecular complexity index is 915.